The van der Waals surface area contributed by atoms with Gasteiger partial charge >= 0.3 is 5.97 Å². The number of nitrogens with zero attached hydrogens (tertiary/aromatic N) is 1. The van der Waals surface area contributed by atoms with E-state index in [4.69, 9.17) is 21.1 Å². The fraction of sp³-hybridized carbons (Fsp3) is 0.226. The minimum atomic E-state index is -0.395. The van der Waals surface area contributed by atoms with Crippen LogP contribution in [0, 0.1) is 0 Å². The molecule has 0 radical (unpaired) electrons. The first-order valence-electron chi connectivity index (χ1n) is 12.4. The van der Waals surface area contributed by atoms with Crippen molar-refractivity contribution in [2.75, 3.05) is 13.2 Å². The Morgan fingerprint density at radius 1 is 0.892 bits per heavy atom. The van der Waals surface area contributed by atoms with E-state index < -0.39 is 5.97 Å². The van der Waals surface area contributed by atoms with Crippen molar-refractivity contribution in [3.8, 4) is 5.75 Å². The number of aryl methyl sites for hydroxylation is 2. The summed E-state index contributed by atoms with van der Waals surface area (Å²) in [7, 11) is 0. The van der Waals surface area contributed by atoms with Crippen LogP contribution in [0.4, 0.5) is 0 Å². The second kappa shape index (κ2) is 12.9. The Bertz CT molecular complexity index is 1330. The van der Waals surface area contributed by atoms with Gasteiger partial charge in [0.15, 0.2) is 6.61 Å². The van der Waals surface area contributed by atoms with E-state index in [-0.39, 0.29) is 23.1 Å². The Morgan fingerprint density at radius 2 is 1.57 bits per heavy atom. The molecule has 0 aliphatic carbocycles. The molecule has 6 heteroatoms. The van der Waals surface area contributed by atoms with Gasteiger partial charge in [0.25, 0.3) is 5.56 Å². The first-order chi connectivity index (χ1) is 18.0. The van der Waals surface area contributed by atoms with Crippen molar-refractivity contribution in [2.24, 2.45) is 0 Å². The molecule has 3 aromatic carbocycles. The predicted octanol–water partition coefficient (Wildman–Crippen LogP) is 6.26. The van der Waals surface area contributed by atoms with E-state index >= 15 is 0 Å². The number of aromatic nitrogens is 1. The molecular weight excluding hydrogens is 486 g/mol. The van der Waals surface area contributed by atoms with Gasteiger partial charge in [-0.25, -0.2) is 4.79 Å². The van der Waals surface area contributed by atoms with Gasteiger partial charge in [-0.2, -0.15) is 0 Å². The fourth-order valence-electron chi connectivity index (χ4n) is 4.40. The number of esters is 1. The molecule has 0 atom stereocenters. The van der Waals surface area contributed by atoms with Gasteiger partial charge in [0, 0.05) is 18.7 Å². The first kappa shape index (κ1) is 26.2. The standard InChI is InChI=1S/C31H30ClNO4/c1-2-36-29(34)22-37-27-17-9-11-23(19-27)12-10-18-33-21-26(20-28(32)31(33)35)30(24-13-5-3-6-14-24)25-15-7-4-8-16-25/h3-9,11,13-17,19-21,30H,2,10,12,18,22H2,1H3. The van der Waals surface area contributed by atoms with Crippen molar-refractivity contribution in [1.29, 1.82) is 0 Å². The molecule has 0 aliphatic rings. The Morgan fingerprint density at radius 3 is 2.22 bits per heavy atom. The van der Waals surface area contributed by atoms with Gasteiger partial charge < -0.3 is 14.0 Å². The molecule has 190 valence electrons. The van der Waals surface area contributed by atoms with Crippen LogP contribution in [0.2, 0.25) is 5.02 Å². The van der Waals surface area contributed by atoms with Crippen LogP contribution in [0.25, 0.3) is 0 Å². The quantitative estimate of drug-likeness (QED) is 0.221. The van der Waals surface area contributed by atoms with Crippen LogP contribution >= 0.6 is 11.6 Å². The van der Waals surface area contributed by atoms with Crippen molar-refractivity contribution in [3.05, 3.63) is 135 Å². The van der Waals surface area contributed by atoms with Gasteiger partial charge in [0.05, 0.1) is 6.61 Å². The van der Waals surface area contributed by atoms with Gasteiger partial charge in [0.2, 0.25) is 0 Å². The van der Waals surface area contributed by atoms with Gasteiger partial charge in [0.1, 0.15) is 10.8 Å². The third-order valence-electron chi connectivity index (χ3n) is 6.09. The molecule has 0 fully saturated rings. The van der Waals surface area contributed by atoms with Crippen LogP contribution in [0.1, 0.15) is 41.5 Å². The zero-order chi connectivity index (χ0) is 26.0. The lowest BCUT2D eigenvalue weighted by atomic mass is 9.86. The van der Waals surface area contributed by atoms with Gasteiger partial charge in [-0.1, -0.05) is 84.4 Å². The lowest BCUT2D eigenvalue weighted by molar-refractivity contribution is -0.145. The molecule has 0 unspecified atom stereocenters. The summed E-state index contributed by atoms with van der Waals surface area (Å²) in [5.41, 5.74) is 4.10. The zero-order valence-electron chi connectivity index (χ0n) is 20.8. The average molecular weight is 516 g/mol. The number of pyridine rings is 1. The lowest BCUT2D eigenvalue weighted by Gasteiger charge is -2.20. The van der Waals surface area contributed by atoms with Crippen LogP contribution < -0.4 is 10.3 Å². The third kappa shape index (κ3) is 7.11. The average Bonchev–Trinajstić information content (AvgIpc) is 2.92. The normalized spacial score (nSPS) is 10.9. The Hall–Kier alpha value is -3.83. The second-order valence-electron chi connectivity index (χ2n) is 8.72. The van der Waals surface area contributed by atoms with E-state index in [1.807, 2.05) is 66.9 Å². The summed E-state index contributed by atoms with van der Waals surface area (Å²) < 4.78 is 12.1. The van der Waals surface area contributed by atoms with Gasteiger partial charge in [-0.3, -0.25) is 4.79 Å². The number of hydrogen-bond acceptors (Lipinski definition) is 4. The number of carbonyl (C=O) groups excluding carboxylic acids is 1. The van der Waals surface area contributed by atoms with Crippen LogP contribution in [-0.4, -0.2) is 23.8 Å². The summed E-state index contributed by atoms with van der Waals surface area (Å²) in [4.78, 5) is 24.4. The molecule has 5 nitrogen and oxygen atoms in total. The highest BCUT2D eigenvalue weighted by atomic mass is 35.5. The Labute approximate surface area is 222 Å². The summed E-state index contributed by atoms with van der Waals surface area (Å²) >= 11 is 6.45. The van der Waals surface area contributed by atoms with Crippen molar-refractivity contribution >= 4 is 17.6 Å². The first-order valence-corrected chi connectivity index (χ1v) is 12.8. The summed E-state index contributed by atoms with van der Waals surface area (Å²) in [5, 5.41) is 0.212. The smallest absolute Gasteiger partial charge is 0.344 e. The van der Waals surface area contributed by atoms with Gasteiger partial charge in [-0.15, -0.1) is 0 Å². The van der Waals surface area contributed by atoms with E-state index in [1.54, 1.807) is 17.6 Å². The van der Waals surface area contributed by atoms with Crippen molar-refractivity contribution in [3.63, 3.8) is 0 Å². The SMILES string of the molecule is CCOC(=O)COc1cccc(CCCn2cc(C(c3ccccc3)c3ccccc3)cc(Cl)c2=O)c1. The molecule has 0 bridgehead atoms. The molecule has 4 aromatic rings. The highest BCUT2D eigenvalue weighted by molar-refractivity contribution is 6.30. The fourth-order valence-corrected chi connectivity index (χ4v) is 4.64. The molecule has 0 amide bonds. The third-order valence-corrected chi connectivity index (χ3v) is 6.36. The molecule has 37 heavy (non-hydrogen) atoms. The molecular formula is C31H30ClNO4. The van der Waals surface area contributed by atoms with E-state index in [1.165, 1.54) is 0 Å². The lowest BCUT2D eigenvalue weighted by Crippen LogP contribution is -2.22. The largest absolute Gasteiger partial charge is 0.482 e. The van der Waals surface area contributed by atoms with Crippen LogP contribution in [0.15, 0.2) is 102 Å². The summed E-state index contributed by atoms with van der Waals surface area (Å²) in [6.45, 7) is 2.49. The van der Waals surface area contributed by atoms with Crippen molar-refractivity contribution in [2.45, 2.75) is 32.2 Å². The summed E-state index contributed by atoms with van der Waals surface area (Å²) in [6.07, 6.45) is 3.41. The topological polar surface area (TPSA) is 57.5 Å². The maximum atomic E-state index is 12.9. The number of ether oxygens (including phenoxy) is 2. The maximum absolute atomic E-state index is 12.9. The number of rotatable bonds is 11. The molecule has 4 rings (SSSR count). The van der Waals surface area contributed by atoms with E-state index in [9.17, 15) is 9.59 Å². The highest BCUT2D eigenvalue weighted by Crippen LogP contribution is 2.32. The number of carbonyl (C=O) groups is 1. The number of benzene rings is 3. The Kier molecular flexibility index (Phi) is 9.17. The summed E-state index contributed by atoms with van der Waals surface area (Å²) in [6, 6.07) is 29.9. The van der Waals surface area contributed by atoms with Crippen LogP contribution in [0.3, 0.4) is 0 Å². The predicted molar refractivity (Wildman–Crippen MR) is 146 cm³/mol. The maximum Gasteiger partial charge on any atom is 0.344 e. The molecule has 0 N–H and O–H groups in total. The number of hydrogen-bond donors (Lipinski definition) is 0. The monoisotopic (exact) mass is 515 g/mol. The Balaban J connectivity index is 1.50. The van der Waals surface area contributed by atoms with E-state index in [2.05, 4.69) is 24.3 Å². The minimum absolute atomic E-state index is 0.0417. The van der Waals surface area contributed by atoms with Crippen LogP contribution in [-0.2, 0) is 22.5 Å². The van der Waals surface area contributed by atoms with Crippen LogP contribution in [0.5, 0.6) is 5.75 Å². The second-order valence-corrected chi connectivity index (χ2v) is 9.13. The summed E-state index contributed by atoms with van der Waals surface area (Å²) in [5.74, 6) is 0.176. The molecule has 0 saturated heterocycles. The van der Waals surface area contributed by atoms with E-state index in [0.29, 0.717) is 18.9 Å². The minimum Gasteiger partial charge on any atom is -0.482 e. The van der Waals surface area contributed by atoms with Crippen molar-refractivity contribution in [1.82, 2.24) is 4.57 Å². The van der Waals surface area contributed by atoms with E-state index in [0.717, 1.165) is 35.1 Å². The van der Waals surface area contributed by atoms with Crippen molar-refractivity contribution < 1.29 is 14.3 Å². The highest BCUT2D eigenvalue weighted by Gasteiger charge is 2.19. The molecule has 0 spiro atoms. The zero-order valence-corrected chi connectivity index (χ0v) is 21.6. The number of halogens is 1. The molecule has 0 aliphatic heterocycles. The molecule has 1 heterocycles. The van der Waals surface area contributed by atoms with Gasteiger partial charge in [-0.05, 0) is 60.2 Å². The molecule has 0 saturated carbocycles. The molecule has 1 aromatic heterocycles.